The number of benzene rings is 3. The first kappa shape index (κ1) is 36.4. The van der Waals surface area contributed by atoms with E-state index in [1.165, 1.54) is 5.01 Å². The number of nitroso groups, excluding NO2 is 1. The number of anilines is 2. The molecule has 9 rings (SSSR count). The monoisotopic (exact) mass is 775 g/mol. The Bertz CT molecular complexity index is 2710. The third kappa shape index (κ3) is 6.59. The lowest BCUT2D eigenvalue weighted by Crippen LogP contribution is -2.52. The molecule has 15 heteroatoms. The van der Waals surface area contributed by atoms with Gasteiger partial charge in [-0.25, -0.2) is 0 Å². The third-order valence-corrected chi connectivity index (χ3v) is 11.0. The minimum absolute atomic E-state index is 0.0102. The SMILES string of the molecule is CCc1cc2c(c(-c3cccc4cc(-c5ccc(C(=O)NCc6cc(-c7cccc8c7CN(C7CCC(=O)NC7=O)[N+]8=O)nn6C)nc5)ncc34)c1)NCCC(=O)N2. The van der Waals surface area contributed by atoms with Gasteiger partial charge in [0.1, 0.15) is 12.2 Å². The fourth-order valence-electron chi connectivity index (χ4n) is 7.96. The summed E-state index contributed by atoms with van der Waals surface area (Å²) in [6, 6.07) is 22.3. The van der Waals surface area contributed by atoms with Crippen molar-refractivity contribution in [2.45, 2.75) is 51.7 Å². The maximum atomic E-state index is 13.3. The Balaban J connectivity index is 0.896. The van der Waals surface area contributed by atoms with E-state index in [0.29, 0.717) is 30.0 Å². The molecule has 3 aromatic carbocycles. The van der Waals surface area contributed by atoms with Crippen LogP contribution in [0.15, 0.2) is 85.2 Å². The topological polar surface area (TPSA) is 183 Å². The average Bonchev–Trinajstić information content (AvgIpc) is 3.70. The molecule has 1 unspecified atom stereocenters. The van der Waals surface area contributed by atoms with E-state index in [4.69, 9.17) is 4.98 Å². The van der Waals surface area contributed by atoms with Crippen LogP contribution >= 0.6 is 0 Å². The first-order valence-electron chi connectivity index (χ1n) is 19.2. The molecule has 0 spiro atoms. The lowest BCUT2D eigenvalue weighted by atomic mass is 9.94. The van der Waals surface area contributed by atoms with Crippen LogP contribution in [0.4, 0.5) is 17.1 Å². The molecule has 4 N–H and O–H groups in total. The van der Waals surface area contributed by atoms with Crippen LogP contribution in [0.25, 0.3) is 44.4 Å². The van der Waals surface area contributed by atoms with E-state index in [1.54, 1.807) is 36.1 Å². The van der Waals surface area contributed by atoms with Crippen LogP contribution in [0, 0.1) is 4.91 Å². The molecule has 6 heterocycles. The number of nitrogens with zero attached hydrogens (tertiary/aromatic N) is 6. The molecular weight excluding hydrogens is 737 g/mol. The minimum atomic E-state index is -0.750. The van der Waals surface area contributed by atoms with Crippen LogP contribution in [0.5, 0.6) is 0 Å². The number of aromatic nitrogens is 4. The van der Waals surface area contributed by atoms with Crippen molar-refractivity contribution in [2.75, 3.05) is 17.2 Å². The summed E-state index contributed by atoms with van der Waals surface area (Å²) >= 11 is 0. The van der Waals surface area contributed by atoms with Crippen molar-refractivity contribution in [3.05, 3.63) is 113 Å². The highest BCUT2D eigenvalue weighted by Crippen LogP contribution is 2.41. The highest BCUT2D eigenvalue weighted by Gasteiger charge is 2.47. The number of imide groups is 1. The molecule has 4 amide bonds. The van der Waals surface area contributed by atoms with Gasteiger partial charge in [0.2, 0.25) is 11.8 Å². The number of rotatable bonds is 8. The Morgan fingerprint density at radius 3 is 2.53 bits per heavy atom. The number of aryl methyl sites for hydroxylation is 2. The summed E-state index contributed by atoms with van der Waals surface area (Å²) in [6.45, 7) is 3.01. The zero-order chi connectivity index (χ0) is 40.1. The molecule has 290 valence electrons. The summed E-state index contributed by atoms with van der Waals surface area (Å²) in [6.07, 6.45) is 5.15. The summed E-state index contributed by atoms with van der Waals surface area (Å²) in [4.78, 5) is 73.1. The number of carbonyl (C=O) groups excluding carboxylic acids is 4. The number of fused-ring (bicyclic) bond motifs is 3. The Morgan fingerprint density at radius 2 is 1.72 bits per heavy atom. The van der Waals surface area contributed by atoms with E-state index in [2.05, 4.69) is 50.4 Å². The Labute approximate surface area is 332 Å². The van der Waals surface area contributed by atoms with Crippen molar-refractivity contribution < 1.29 is 24.0 Å². The van der Waals surface area contributed by atoms with E-state index < -0.39 is 11.9 Å². The van der Waals surface area contributed by atoms with Gasteiger partial charge in [0.15, 0.2) is 10.9 Å². The zero-order valence-corrected chi connectivity index (χ0v) is 31.8. The maximum Gasteiger partial charge on any atom is 0.298 e. The summed E-state index contributed by atoms with van der Waals surface area (Å²) in [7, 11) is 1.78. The van der Waals surface area contributed by atoms with Gasteiger partial charge in [-0.3, -0.25) is 39.1 Å². The van der Waals surface area contributed by atoms with Crippen LogP contribution in [-0.4, -0.2) is 65.8 Å². The number of pyridine rings is 2. The maximum absolute atomic E-state index is 13.3. The molecule has 3 aliphatic heterocycles. The predicted molar refractivity (Wildman–Crippen MR) is 216 cm³/mol. The van der Waals surface area contributed by atoms with Crippen LogP contribution in [0.2, 0.25) is 0 Å². The Kier molecular flexibility index (Phi) is 9.19. The summed E-state index contributed by atoms with van der Waals surface area (Å²) in [5, 5.41) is 19.9. The van der Waals surface area contributed by atoms with Gasteiger partial charge in [0.05, 0.1) is 45.5 Å². The van der Waals surface area contributed by atoms with Gasteiger partial charge in [-0.15, -0.1) is 5.01 Å². The van der Waals surface area contributed by atoms with Gasteiger partial charge in [-0.2, -0.15) is 5.10 Å². The number of hydrogen-bond acceptors (Lipinski definition) is 9. The number of carbonyl (C=O) groups is 4. The van der Waals surface area contributed by atoms with E-state index in [-0.39, 0.29) is 49.3 Å². The second-order valence-corrected chi connectivity index (χ2v) is 14.6. The number of hydrogen-bond donors (Lipinski definition) is 4. The quantitative estimate of drug-likeness (QED) is 0.113. The van der Waals surface area contributed by atoms with Gasteiger partial charge < -0.3 is 16.0 Å². The van der Waals surface area contributed by atoms with E-state index in [9.17, 15) is 24.1 Å². The zero-order valence-electron chi connectivity index (χ0n) is 31.8. The van der Waals surface area contributed by atoms with Gasteiger partial charge in [0, 0.05) is 67.0 Å². The standard InChI is InChI=1S/C43H38N10O5/c1-3-24-16-30(41-36(17-24)48-40(55)14-15-44-41)28-7-4-6-25-18-34(46-22-31(25)28)26-10-11-33(45-20-26)42(56)47-21-27-19-35(50-51(27)2)29-8-5-9-37-32(29)23-52(53(37)58)38-12-13-39(54)49-43(38)57/h4-11,16-20,22,38H,3,12-15,21,23H2,1-2H3,(H3-,44,45,46,47,48,49,54,55,56,57)/p+1. The molecule has 1 saturated heterocycles. The van der Waals surface area contributed by atoms with Crippen LogP contribution in [0.3, 0.4) is 0 Å². The van der Waals surface area contributed by atoms with Crippen molar-refractivity contribution in [3.8, 4) is 33.6 Å². The lowest BCUT2D eigenvalue weighted by Gasteiger charge is -2.23. The highest BCUT2D eigenvalue weighted by atomic mass is 16.3. The predicted octanol–water partition coefficient (Wildman–Crippen LogP) is 5.56. The van der Waals surface area contributed by atoms with E-state index >= 15 is 0 Å². The van der Waals surface area contributed by atoms with Crippen molar-refractivity contribution in [1.29, 1.82) is 0 Å². The van der Waals surface area contributed by atoms with Crippen molar-refractivity contribution >= 4 is 51.5 Å². The molecule has 58 heavy (non-hydrogen) atoms. The minimum Gasteiger partial charge on any atom is -0.382 e. The Hall–Kier alpha value is -7.29. The molecule has 0 aliphatic carbocycles. The molecule has 15 nitrogen and oxygen atoms in total. The third-order valence-electron chi connectivity index (χ3n) is 11.0. The van der Waals surface area contributed by atoms with Crippen LogP contribution in [0.1, 0.15) is 53.5 Å². The summed E-state index contributed by atoms with van der Waals surface area (Å²) in [5.41, 5.74) is 9.78. The van der Waals surface area contributed by atoms with Crippen molar-refractivity contribution in [1.82, 2.24) is 35.4 Å². The molecule has 3 aromatic heterocycles. The van der Waals surface area contributed by atoms with Gasteiger partial charge in [0.25, 0.3) is 17.5 Å². The number of nitrogens with one attached hydrogen (secondary N) is 4. The number of hydrazine groups is 1. The molecule has 6 aromatic rings. The second kappa shape index (κ2) is 14.7. The van der Waals surface area contributed by atoms with Gasteiger partial charge in [-0.05, 0) is 65.8 Å². The van der Waals surface area contributed by atoms with E-state index in [0.717, 1.165) is 72.5 Å². The highest BCUT2D eigenvalue weighted by molar-refractivity contribution is 6.05. The Morgan fingerprint density at radius 1 is 0.897 bits per heavy atom. The molecule has 3 aliphatic rings. The molecule has 0 saturated carbocycles. The summed E-state index contributed by atoms with van der Waals surface area (Å²) < 4.78 is 1.68. The molecular formula is C43H39N10O5+. The normalized spacial score (nSPS) is 16.3. The lowest BCUT2D eigenvalue weighted by molar-refractivity contribution is -0.640. The molecule has 1 fully saturated rings. The first-order chi connectivity index (χ1) is 28.1. The fourth-order valence-corrected chi connectivity index (χ4v) is 7.96. The number of amides is 4. The van der Waals surface area contributed by atoms with Crippen molar-refractivity contribution in [2.24, 2.45) is 7.05 Å². The largest absolute Gasteiger partial charge is 0.382 e. The van der Waals surface area contributed by atoms with Crippen molar-refractivity contribution in [3.63, 3.8) is 0 Å². The second-order valence-electron chi connectivity index (χ2n) is 14.6. The molecule has 1 atom stereocenters. The smallest absolute Gasteiger partial charge is 0.298 e. The van der Waals surface area contributed by atoms with Crippen LogP contribution in [-0.2, 0) is 40.9 Å². The van der Waals surface area contributed by atoms with Gasteiger partial charge >= 0.3 is 0 Å². The molecule has 0 bridgehead atoms. The summed E-state index contributed by atoms with van der Waals surface area (Å²) in [5.74, 6) is -1.19. The number of piperidine rings is 1. The van der Waals surface area contributed by atoms with E-state index in [1.807, 2.05) is 48.7 Å². The van der Waals surface area contributed by atoms with Crippen LogP contribution < -0.4 is 21.3 Å². The molecule has 0 radical (unpaired) electrons. The first-order valence-corrected chi connectivity index (χ1v) is 19.2. The average molecular weight is 776 g/mol. The van der Waals surface area contributed by atoms with Gasteiger partial charge in [-0.1, -0.05) is 37.3 Å². The fraction of sp³-hybridized carbons (Fsp3) is 0.233.